The van der Waals surface area contributed by atoms with Crippen molar-refractivity contribution >= 4 is 10.0 Å². The first-order valence-electron chi connectivity index (χ1n) is 5.09. The van der Waals surface area contributed by atoms with Crippen LogP contribution in [0.2, 0.25) is 0 Å². The van der Waals surface area contributed by atoms with Gasteiger partial charge in [-0.25, -0.2) is 21.9 Å². The summed E-state index contributed by atoms with van der Waals surface area (Å²) in [5, 5.41) is 8.78. The van der Waals surface area contributed by atoms with E-state index in [-0.39, 0.29) is 24.7 Å². The van der Waals surface area contributed by atoms with E-state index in [0.29, 0.717) is 5.69 Å². The van der Waals surface area contributed by atoms with Crippen molar-refractivity contribution in [2.24, 2.45) is 0 Å². The van der Waals surface area contributed by atoms with E-state index in [1.807, 2.05) is 0 Å². The Labute approximate surface area is 103 Å². The third kappa shape index (κ3) is 4.69. The first-order chi connectivity index (χ1) is 8.45. The average Bonchev–Trinajstić information content (AvgIpc) is 2.77. The lowest BCUT2D eigenvalue weighted by Crippen LogP contribution is -2.27. The summed E-state index contributed by atoms with van der Waals surface area (Å²) in [7, 11) is -3.71. The van der Waals surface area contributed by atoms with Crippen LogP contribution in [0.3, 0.4) is 0 Å². The van der Waals surface area contributed by atoms with Crippen LogP contribution in [0.5, 0.6) is 0 Å². The van der Waals surface area contributed by atoms with Gasteiger partial charge in [0.05, 0.1) is 18.1 Å². The Kier molecular flexibility index (Phi) is 5.66. The largest absolute Gasteiger partial charge is 0.390 e. The molecule has 0 radical (unpaired) electrons. The monoisotopic (exact) mass is 284 g/mol. The quantitative estimate of drug-likeness (QED) is 0.589. The predicted octanol–water partition coefficient (Wildman–Crippen LogP) is 0.0670. The highest BCUT2D eigenvalue weighted by Gasteiger charge is 2.15. The van der Waals surface area contributed by atoms with Gasteiger partial charge < -0.3 is 14.8 Å². The summed E-state index contributed by atoms with van der Waals surface area (Å²) >= 11 is 0. The van der Waals surface area contributed by atoms with Crippen LogP contribution in [0.1, 0.15) is 5.69 Å². The van der Waals surface area contributed by atoms with Crippen molar-refractivity contribution in [1.82, 2.24) is 9.71 Å². The van der Waals surface area contributed by atoms with Gasteiger partial charge in [-0.05, 0) is 6.07 Å². The number of rotatable bonds is 8. The van der Waals surface area contributed by atoms with E-state index in [1.54, 1.807) is 0 Å². The van der Waals surface area contributed by atoms with Crippen LogP contribution < -0.4 is 4.72 Å². The third-order valence-corrected chi connectivity index (χ3v) is 3.42. The zero-order chi connectivity index (χ0) is 13.6. The molecule has 1 rings (SSSR count). The van der Waals surface area contributed by atoms with Crippen molar-refractivity contribution in [3.8, 4) is 0 Å². The molecule has 0 saturated heterocycles. The number of hydrogen-bond acceptors (Lipinski definition) is 4. The number of alkyl halides is 2. The topological polar surface area (TPSA) is 91.4 Å². The molecule has 0 fully saturated rings. The van der Waals surface area contributed by atoms with Crippen LogP contribution in [-0.4, -0.2) is 44.7 Å². The van der Waals surface area contributed by atoms with Crippen molar-refractivity contribution in [3.05, 3.63) is 18.0 Å². The van der Waals surface area contributed by atoms with Gasteiger partial charge in [0.1, 0.15) is 6.61 Å². The number of halogens is 2. The fraction of sp³-hybridized carbons (Fsp3) is 0.556. The summed E-state index contributed by atoms with van der Waals surface area (Å²) in [5.41, 5.74) is 0.365. The zero-order valence-electron chi connectivity index (χ0n) is 9.40. The molecule has 18 heavy (non-hydrogen) atoms. The maximum absolute atomic E-state index is 11.7. The van der Waals surface area contributed by atoms with Crippen molar-refractivity contribution in [2.45, 2.75) is 17.9 Å². The van der Waals surface area contributed by atoms with E-state index >= 15 is 0 Å². The van der Waals surface area contributed by atoms with Gasteiger partial charge in [-0.15, -0.1) is 0 Å². The lowest BCUT2D eigenvalue weighted by atomic mass is 10.5. The highest BCUT2D eigenvalue weighted by Crippen LogP contribution is 2.10. The molecule has 0 saturated carbocycles. The van der Waals surface area contributed by atoms with Gasteiger partial charge in [-0.3, -0.25) is 0 Å². The second kappa shape index (κ2) is 6.78. The van der Waals surface area contributed by atoms with E-state index in [9.17, 15) is 17.2 Å². The predicted molar refractivity (Wildman–Crippen MR) is 58.7 cm³/mol. The summed E-state index contributed by atoms with van der Waals surface area (Å²) in [6, 6.07) is 1.28. The summed E-state index contributed by atoms with van der Waals surface area (Å²) in [6.07, 6.45) is -1.34. The van der Waals surface area contributed by atoms with Crippen LogP contribution in [-0.2, 0) is 21.4 Å². The molecular formula is C9H14F2N2O4S. The Bertz CT molecular complexity index is 461. The standard InChI is InChI=1S/C9H14F2N2O4S/c10-9(11)6-17-2-1-13-18(15,16)8-3-7(5-14)12-4-8/h3-4,9,12-14H,1-2,5-6H2. The highest BCUT2D eigenvalue weighted by molar-refractivity contribution is 7.89. The van der Waals surface area contributed by atoms with Crippen molar-refractivity contribution in [2.75, 3.05) is 19.8 Å². The number of aliphatic hydroxyl groups excluding tert-OH is 1. The van der Waals surface area contributed by atoms with E-state index in [1.165, 1.54) is 12.3 Å². The molecular weight excluding hydrogens is 270 g/mol. The molecule has 6 nitrogen and oxygen atoms in total. The van der Waals surface area contributed by atoms with Gasteiger partial charge >= 0.3 is 0 Å². The molecule has 0 amide bonds. The van der Waals surface area contributed by atoms with Crippen LogP contribution in [0.4, 0.5) is 8.78 Å². The number of hydrogen-bond donors (Lipinski definition) is 3. The van der Waals surface area contributed by atoms with Crippen LogP contribution in [0.25, 0.3) is 0 Å². The van der Waals surface area contributed by atoms with Gasteiger partial charge in [-0.2, -0.15) is 0 Å². The molecule has 0 bridgehead atoms. The molecule has 1 heterocycles. The van der Waals surface area contributed by atoms with Crippen molar-refractivity contribution in [1.29, 1.82) is 0 Å². The first-order valence-corrected chi connectivity index (χ1v) is 6.57. The third-order valence-electron chi connectivity index (χ3n) is 1.98. The Hall–Kier alpha value is -1.03. The minimum atomic E-state index is -3.71. The summed E-state index contributed by atoms with van der Waals surface area (Å²) in [5.74, 6) is 0. The summed E-state index contributed by atoms with van der Waals surface area (Å²) in [6.45, 7) is -1.26. The number of sulfonamides is 1. The molecule has 1 aromatic rings. The maximum atomic E-state index is 11.7. The molecule has 104 valence electrons. The molecule has 3 N–H and O–H groups in total. The van der Waals surface area contributed by atoms with E-state index < -0.39 is 23.1 Å². The highest BCUT2D eigenvalue weighted by atomic mass is 32.2. The second-order valence-electron chi connectivity index (χ2n) is 3.38. The van der Waals surface area contributed by atoms with Gasteiger partial charge in [0.25, 0.3) is 6.43 Å². The van der Waals surface area contributed by atoms with E-state index in [0.717, 1.165) is 0 Å². The number of aliphatic hydroxyl groups is 1. The number of aromatic amines is 1. The van der Waals surface area contributed by atoms with Crippen LogP contribution in [0.15, 0.2) is 17.2 Å². The Morgan fingerprint density at radius 1 is 1.50 bits per heavy atom. The van der Waals surface area contributed by atoms with Gasteiger partial charge in [0.2, 0.25) is 10.0 Å². The minimum Gasteiger partial charge on any atom is -0.390 e. The molecule has 0 aliphatic heterocycles. The van der Waals surface area contributed by atoms with Crippen molar-refractivity contribution in [3.63, 3.8) is 0 Å². The molecule has 0 spiro atoms. The lowest BCUT2D eigenvalue weighted by Gasteiger charge is -2.05. The summed E-state index contributed by atoms with van der Waals surface area (Å²) in [4.78, 5) is 2.55. The number of nitrogens with one attached hydrogen (secondary N) is 2. The summed E-state index contributed by atoms with van der Waals surface area (Å²) < 4.78 is 53.4. The lowest BCUT2D eigenvalue weighted by molar-refractivity contribution is 0.0199. The maximum Gasteiger partial charge on any atom is 0.261 e. The second-order valence-corrected chi connectivity index (χ2v) is 5.15. The minimum absolute atomic E-state index is 0.0274. The fourth-order valence-electron chi connectivity index (χ4n) is 1.17. The number of aromatic nitrogens is 1. The molecule has 0 aliphatic rings. The van der Waals surface area contributed by atoms with Crippen LogP contribution in [0, 0.1) is 0 Å². The Morgan fingerprint density at radius 2 is 2.22 bits per heavy atom. The number of H-pyrrole nitrogens is 1. The van der Waals surface area contributed by atoms with E-state index in [2.05, 4.69) is 14.4 Å². The average molecular weight is 284 g/mol. The Morgan fingerprint density at radius 3 is 2.78 bits per heavy atom. The van der Waals surface area contributed by atoms with Gasteiger partial charge in [-0.1, -0.05) is 0 Å². The first kappa shape index (κ1) is 15.0. The molecule has 9 heteroatoms. The molecule has 0 atom stereocenters. The Balaban J connectivity index is 2.40. The molecule has 0 aliphatic carbocycles. The van der Waals surface area contributed by atoms with Gasteiger partial charge in [0, 0.05) is 18.4 Å². The zero-order valence-corrected chi connectivity index (χ0v) is 10.2. The van der Waals surface area contributed by atoms with E-state index in [4.69, 9.17) is 5.11 Å². The molecule has 1 aromatic heterocycles. The fourth-order valence-corrected chi connectivity index (χ4v) is 2.20. The smallest absolute Gasteiger partial charge is 0.261 e. The van der Waals surface area contributed by atoms with Crippen molar-refractivity contribution < 1.29 is 27.0 Å². The number of ether oxygens (including phenoxy) is 1. The normalized spacial score (nSPS) is 12.2. The molecule has 0 aromatic carbocycles. The SMILES string of the molecule is O=S(=O)(NCCOCC(F)F)c1c[nH]c(CO)c1. The van der Waals surface area contributed by atoms with Gasteiger partial charge in [0.15, 0.2) is 0 Å². The molecule has 0 unspecified atom stereocenters. The van der Waals surface area contributed by atoms with Crippen LogP contribution >= 0.6 is 0 Å².